The van der Waals surface area contributed by atoms with E-state index < -0.39 is 0 Å². The van der Waals surface area contributed by atoms with Gasteiger partial charge in [-0.05, 0) is 31.9 Å². The summed E-state index contributed by atoms with van der Waals surface area (Å²) in [7, 11) is 3.67. The lowest BCUT2D eigenvalue weighted by Crippen LogP contribution is -3.11. The van der Waals surface area contributed by atoms with Crippen molar-refractivity contribution in [3.63, 3.8) is 0 Å². The Labute approximate surface area is 154 Å². The summed E-state index contributed by atoms with van der Waals surface area (Å²) >= 11 is 0. The summed E-state index contributed by atoms with van der Waals surface area (Å²) in [6.07, 6.45) is 0.853. The number of carbonyl (C=O) groups is 2. The fourth-order valence-electron chi connectivity index (χ4n) is 2.89. The van der Waals surface area contributed by atoms with Crippen LogP contribution in [0.3, 0.4) is 0 Å². The van der Waals surface area contributed by atoms with E-state index in [1.165, 1.54) is 0 Å². The zero-order valence-corrected chi connectivity index (χ0v) is 16.1. The molecule has 2 amide bonds. The van der Waals surface area contributed by atoms with Gasteiger partial charge in [0.25, 0.3) is 11.8 Å². The molecule has 1 atom stereocenters. The monoisotopic (exact) mass is 358 g/mol. The van der Waals surface area contributed by atoms with Gasteiger partial charge in [-0.2, -0.15) is 5.10 Å². The topological polar surface area (TPSA) is 80.5 Å². The molecule has 140 valence electrons. The maximum atomic E-state index is 12.3. The molecular weight excluding hydrogens is 330 g/mol. The third-order valence-corrected chi connectivity index (χ3v) is 4.37. The Hall–Kier alpha value is -2.67. The van der Waals surface area contributed by atoms with Crippen LogP contribution in [0.25, 0.3) is 0 Å². The van der Waals surface area contributed by atoms with Gasteiger partial charge in [-0.1, -0.05) is 25.1 Å². The van der Waals surface area contributed by atoms with Crippen LogP contribution in [-0.4, -0.2) is 41.7 Å². The molecule has 0 bridgehead atoms. The van der Waals surface area contributed by atoms with E-state index in [9.17, 15) is 9.59 Å². The van der Waals surface area contributed by atoms with Crippen molar-refractivity contribution < 1.29 is 14.5 Å². The van der Waals surface area contributed by atoms with Crippen molar-refractivity contribution in [2.75, 3.05) is 30.8 Å². The zero-order chi connectivity index (χ0) is 19.3. The van der Waals surface area contributed by atoms with Crippen molar-refractivity contribution in [3.8, 4) is 0 Å². The normalized spacial score (nSPS) is 11.9. The minimum absolute atomic E-state index is 0.107. The fraction of sp³-hybridized carbons (Fsp3) is 0.421. The van der Waals surface area contributed by atoms with Gasteiger partial charge in [0.05, 0.1) is 24.1 Å². The predicted molar refractivity (Wildman–Crippen MR) is 102 cm³/mol. The van der Waals surface area contributed by atoms with E-state index in [1.54, 1.807) is 4.68 Å². The van der Waals surface area contributed by atoms with Crippen molar-refractivity contribution in [3.05, 3.63) is 41.2 Å². The van der Waals surface area contributed by atoms with E-state index in [0.717, 1.165) is 39.6 Å². The number of amides is 2. The van der Waals surface area contributed by atoms with E-state index in [-0.39, 0.29) is 24.9 Å². The number of benzene rings is 1. The maximum Gasteiger partial charge on any atom is 0.279 e. The maximum absolute atomic E-state index is 12.3. The summed E-state index contributed by atoms with van der Waals surface area (Å²) in [5, 5.41) is 10.1. The first-order valence-corrected chi connectivity index (χ1v) is 8.80. The molecule has 0 aliphatic carbocycles. The third kappa shape index (κ3) is 4.92. The molecular formula is C19H28N5O2+. The van der Waals surface area contributed by atoms with Crippen LogP contribution in [0.1, 0.15) is 23.9 Å². The molecule has 3 N–H and O–H groups in total. The first-order chi connectivity index (χ1) is 12.3. The second kappa shape index (κ2) is 8.62. The highest BCUT2D eigenvalue weighted by Gasteiger charge is 2.18. The molecule has 1 unspecified atom stereocenters. The Balaban J connectivity index is 1.88. The summed E-state index contributed by atoms with van der Waals surface area (Å²) in [4.78, 5) is 25.4. The Bertz CT molecular complexity index is 797. The van der Waals surface area contributed by atoms with Crippen LogP contribution in [-0.2, 0) is 23.1 Å². The zero-order valence-electron chi connectivity index (χ0n) is 16.1. The third-order valence-electron chi connectivity index (χ3n) is 4.37. The number of quaternary nitrogens is 1. The van der Waals surface area contributed by atoms with Gasteiger partial charge in [0, 0.05) is 12.7 Å². The number of anilines is 2. The number of nitrogens with one attached hydrogen (secondary N) is 3. The number of para-hydroxylation sites is 1. The standard InChI is InChI=1S/C19H27N5O2/c1-6-15-9-7-8-10-16(15)20-17(25)11-23(4)12-18(26)21-19-13(2)22-24(5)14(19)3/h7-10H,6,11-12H2,1-5H3,(H,20,25)(H,21,26)/p+1. The molecule has 0 spiro atoms. The van der Waals surface area contributed by atoms with Gasteiger partial charge in [0.1, 0.15) is 0 Å². The number of rotatable bonds is 7. The summed E-state index contributed by atoms with van der Waals surface area (Å²) < 4.78 is 1.74. The molecule has 0 saturated heterocycles. The van der Waals surface area contributed by atoms with Crippen molar-refractivity contribution in [1.29, 1.82) is 0 Å². The first-order valence-electron chi connectivity index (χ1n) is 8.80. The van der Waals surface area contributed by atoms with E-state index in [1.807, 2.05) is 52.2 Å². The lowest BCUT2D eigenvalue weighted by atomic mass is 10.1. The molecule has 26 heavy (non-hydrogen) atoms. The van der Waals surface area contributed by atoms with Gasteiger partial charge >= 0.3 is 0 Å². The van der Waals surface area contributed by atoms with E-state index in [4.69, 9.17) is 0 Å². The van der Waals surface area contributed by atoms with E-state index >= 15 is 0 Å². The van der Waals surface area contributed by atoms with Crippen molar-refractivity contribution in [2.24, 2.45) is 7.05 Å². The van der Waals surface area contributed by atoms with Crippen molar-refractivity contribution >= 4 is 23.2 Å². The predicted octanol–water partition coefficient (Wildman–Crippen LogP) is 0.691. The highest BCUT2D eigenvalue weighted by Crippen LogP contribution is 2.17. The van der Waals surface area contributed by atoms with Crippen LogP contribution in [0, 0.1) is 13.8 Å². The van der Waals surface area contributed by atoms with Crippen LogP contribution in [0.15, 0.2) is 24.3 Å². The Kier molecular flexibility index (Phi) is 6.52. The minimum Gasteiger partial charge on any atom is -0.322 e. The molecule has 0 aliphatic rings. The lowest BCUT2D eigenvalue weighted by molar-refractivity contribution is -0.862. The molecule has 2 rings (SSSR count). The van der Waals surface area contributed by atoms with Crippen molar-refractivity contribution in [2.45, 2.75) is 27.2 Å². The SMILES string of the molecule is CCc1ccccc1NC(=O)C[NH+](C)CC(=O)Nc1c(C)nn(C)c1C. The van der Waals surface area contributed by atoms with Gasteiger partial charge in [-0.3, -0.25) is 14.3 Å². The smallest absolute Gasteiger partial charge is 0.279 e. The number of carbonyl (C=O) groups excluding carboxylic acids is 2. The average Bonchev–Trinajstić information content (AvgIpc) is 2.81. The van der Waals surface area contributed by atoms with Gasteiger partial charge in [-0.15, -0.1) is 0 Å². The Morgan fingerprint density at radius 3 is 2.31 bits per heavy atom. The average molecular weight is 358 g/mol. The minimum atomic E-state index is -0.136. The highest BCUT2D eigenvalue weighted by atomic mass is 16.2. The van der Waals surface area contributed by atoms with Gasteiger partial charge in [0.2, 0.25) is 0 Å². The van der Waals surface area contributed by atoms with Gasteiger partial charge in [0.15, 0.2) is 13.1 Å². The number of nitrogens with zero attached hydrogens (tertiary/aromatic N) is 2. The molecule has 0 radical (unpaired) electrons. The molecule has 7 nitrogen and oxygen atoms in total. The Morgan fingerprint density at radius 2 is 1.73 bits per heavy atom. The lowest BCUT2D eigenvalue weighted by Gasteiger charge is -2.15. The van der Waals surface area contributed by atoms with Crippen LogP contribution in [0.2, 0.25) is 0 Å². The second-order valence-corrected chi connectivity index (χ2v) is 6.59. The van der Waals surface area contributed by atoms with Crippen LogP contribution >= 0.6 is 0 Å². The molecule has 0 aliphatic heterocycles. The number of hydrogen-bond donors (Lipinski definition) is 3. The van der Waals surface area contributed by atoms with Gasteiger partial charge in [-0.25, -0.2) is 0 Å². The molecule has 0 saturated carbocycles. The van der Waals surface area contributed by atoms with Crippen LogP contribution in [0.4, 0.5) is 11.4 Å². The van der Waals surface area contributed by atoms with E-state index in [0.29, 0.717) is 0 Å². The van der Waals surface area contributed by atoms with Crippen LogP contribution < -0.4 is 15.5 Å². The number of likely N-dealkylation sites (N-methyl/N-ethyl adjacent to an activating group) is 1. The van der Waals surface area contributed by atoms with E-state index in [2.05, 4.69) is 22.7 Å². The van der Waals surface area contributed by atoms with Crippen molar-refractivity contribution in [1.82, 2.24) is 9.78 Å². The molecule has 1 aromatic heterocycles. The molecule has 0 fully saturated rings. The van der Waals surface area contributed by atoms with Gasteiger partial charge < -0.3 is 15.5 Å². The highest BCUT2D eigenvalue weighted by molar-refractivity contribution is 5.94. The Morgan fingerprint density at radius 1 is 1.12 bits per heavy atom. The summed E-state index contributed by atoms with van der Waals surface area (Å²) in [6, 6.07) is 7.75. The number of aryl methyl sites for hydroxylation is 3. The number of hydrogen-bond acceptors (Lipinski definition) is 3. The molecule has 1 heterocycles. The first kappa shape index (κ1) is 19.7. The second-order valence-electron chi connectivity index (χ2n) is 6.59. The summed E-state index contributed by atoms with van der Waals surface area (Å²) in [5.41, 5.74) is 4.36. The fourth-order valence-corrected chi connectivity index (χ4v) is 2.89. The quantitative estimate of drug-likeness (QED) is 0.681. The molecule has 1 aromatic carbocycles. The summed E-state index contributed by atoms with van der Waals surface area (Å²) in [5.74, 6) is -0.242. The summed E-state index contributed by atoms with van der Waals surface area (Å²) in [6.45, 7) is 6.24. The largest absolute Gasteiger partial charge is 0.322 e. The molecule has 2 aromatic rings. The number of aromatic nitrogens is 2. The van der Waals surface area contributed by atoms with Crippen LogP contribution in [0.5, 0.6) is 0 Å². The molecule has 7 heteroatoms.